The Balaban J connectivity index is 2.78. The molecule has 20 heavy (non-hydrogen) atoms. The molecule has 1 unspecified atom stereocenters. The van der Waals surface area contributed by atoms with Gasteiger partial charge < -0.3 is 9.84 Å². The first-order valence-electron chi connectivity index (χ1n) is 6.17. The van der Waals surface area contributed by atoms with E-state index in [1.54, 1.807) is 31.2 Å². The minimum absolute atomic E-state index is 0.127. The van der Waals surface area contributed by atoms with Crippen molar-refractivity contribution in [2.75, 3.05) is 6.61 Å². The number of aliphatic carboxylic acids is 1. The van der Waals surface area contributed by atoms with Crippen molar-refractivity contribution in [3.05, 3.63) is 35.4 Å². The van der Waals surface area contributed by atoms with Crippen LogP contribution in [0.3, 0.4) is 0 Å². The Morgan fingerprint density at radius 3 is 2.25 bits per heavy atom. The fourth-order valence-corrected chi connectivity index (χ4v) is 2.43. The monoisotopic (exact) mass is 298 g/mol. The van der Waals surface area contributed by atoms with Gasteiger partial charge in [0.25, 0.3) is 0 Å². The minimum atomic E-state index is -1.55. The Kier molecular flexibility index (Phi) is 5.44. The van der Waals surface area contributed by atoms with Gasteiger partial charge in [0.2, 0.25) is 0 Å². The van der Waals surface area contributed by atoms with Crippen molar-refractivity contribution < 1.29 is 23.6 Å². The van der Waals surface area contributed by atoms with Gasteiger partial charge in [0, 0.05) is 16.6 Å². The average Bonchev–Trinajstić information content (AvgIpc) is 2.39. The molecular formula is C14H18O5S. The molecule has 110 valence electrons. The summed E-state index contributed by atoms with van der Waals surface area (Å²) in [4.78, 5) is 22.5. The molecule has 1 N–H and O–H groups in total. The van der Waals surface area contributed by atoms with Crippen molar-refractivity contribution in [1.82, 2.24) is 0 Å². The van der Waals surface area contributed by atoms with Crippen LogP contribution in [0.4, 0.5) is 0 Å². The third kappa shape index (κ3) is 3.90. The summed E-state index contributed by atoms with van der Waals surface area (Å²) in [5, 5.41) is 9.01. The van der Waals surface area contributed by atoms with Gasteiger partial charge in [0.15, 0.2) is 0 Å². The molecule has 1 aromatic carbocycles. The van der Waals surface area contributed by atoms with Gasteiger partial charge in [-0.05, 0) is 38.5 Å². The summed E-state index contributed by atoms with van der Waals surface area (Å²) in [5.41, 5.74) is 1.13. The normalized spacial score (nSPS) is 12.8. The predicted octanol–water partition coefficient (Wildman–Crippen LogP) is 1.98. The number of rotatable bonds is 6. The molecule has 1 atom stereocenters. The second-order valence-corrected chi connectivity index (χ2v) is 6.72. The van der Waals surface area contributed by atoms with E-state index in [2.05, 4.69) is 0 Å². The summed E-state index contributed by atoms with van der Waals surface area (Å²) in [6.07, 6.45) is 0. The predicted molar refractivity (Wildman–Crippen MR) is 76.0 cm³/mol. The Bertz CT molecular complexity index is 519. The highest BCUT2D eigenvalue weighted by molar-refractivity contribution is 7.86. The lowest BCUT2D eigenvalue weighted by Gasteiger charge is -2.18. The van der Waals surface area contributed by atoms with Gasteiger partial charge in [0.1, 0.15) is 4.75 Å². The number of esters is 1. The maximum absolute atomic E-state index is 12.0. The number of hydrogen-bond donors (Lipinski definition) is 1. The summed E-state index contributed by atoms with van der Waals surface area (Å²) in [6.45, 7) is 4.89. The van der Waals surface area contributed by atoms with Crippen LogP contribution in [0, 0.1) is 0 Å². The number of carboxylic acids is 1. The first kappa shape index (κ1) is 16.4. The van der Waals surface area contributed by atoms with E-state index in [-0.39, 0.29) is 5.75 Å². The zero-order valence-corrected chi connectivity index (χ0v) is 12.5. The van der Waals surface area contributed by atoms with Crippen LogP contribution in [-0.2, 0) is 26.1 Å². The smallest absolute Gasteiger partial charge is 0.338 e. The van der Waals surface area contributed by atoms with Crippen LogP contribution in [0.2, 0.25) is 0 Å². The molecule has 0 aromatic heterocycles. The van der Waals surface area contributed by atoms with Gasteiger partial charge >= 0.3 is 11.9 Å². The molecule has 1 rings (SSSR count). The lowest BCUT2D eigenvalue weighted by molar-refractivity contribution is -0.139. The van der Waals surface area contributed by atoms with E-state index in [0.29, 0.717) is 17.7 Å². The molecule has 0 fully saturated rings. The van der Waals surface area contributed by atoms with Crippen molar-refractivity contribution >= 4 is 22.7 Å². The molecule has 6 heteroatoms. The van der Waals surface area contributed by atoms with E-state index in [4.69, 9.17) is 9.84 Å². The van der Waals surface area contributed by atoms with Crippen LogP contribution in [0.5, 0.6) is 0 Å². The quantitative estimate of drug-likeness (QED) is 0.812. The number of carboxylic acid groups (broad SMARTS) is 1. The maximum atomic E-state index is 12.0. The van der Waals surface area contributed by atoms with Crippen molar-refractivity contribution in [3.8, 4) is 0 Å². The Morgan fingerprint density at radius 1 is 1.25 bits per heavy atom. The summed E-state index contributed by atoms with van der Waals surface area (Å²) >= 11 is 0. The second kappa shape index (κ2) is 6.65. The highest BCUT2D eigenvalue weighted by atomic mass is 32.2. The van der Waals surface area contributed by atoms with E-state index in [0.717, 1.165) is 0 Å². The molecule has 0 bridgehead atoms. The second-order valence-electron chi connectivity index (χ2n) is 4.72. The molecular weight excluding hydrogens is 280 g/mol. The van der Waals surface area contributed by atoms with E-state index >= 15 is 0 Å². The van der Waals surface area contributed by atoms with E-state index in [1.165, 1.54) is 13.8 Å². The molecule has 0 aliphatic rings. The van der Waals surface area contributed by atoms with Gasteiger partial charge in [0.05, 0.1) is 12.2 Å². The molecule has 0 aliphatic heterocycles. The third-order valence-corrected chi connectivity index (χ3v) is 4.76. The zero-order chi connectivity index (χ0) is 15.3. The van der Waals surface area contributed by atoms with Crippen molar-refractivity contribution in [1.29, 1.82) is 0 Å². The lowest BCUT2D eigenvalue weighted by Crippen LogP contribution is -2.37. The molecule has 1 aromatic rings. The largest absolute Gasteiger partial charge is 0.480 e. The number of hydrogen-bond acceptors (Lipinski definition) is 4. The minimum Gasteiger partial charge on any atom is -0.480 e. The molecule has 5 nitrogen and oxygen atoms in total. The first-order chi connectivity index (χ1) is 9.28. The molecule has 0 radical (unpaired) electrons. The van der Waals surface area contributed by atoms with Crippen molar-refractivity contribution in [2.45, 2.75) is 31.3 Å². The summed E-state index contributed by atoms with van der Waals surface area (Å²) in [7, 11) is -1.55. The third-order valence-electron chi connectivity index (χ3n) is 2.85. The fraction of sp³-hybridized carbons (Fsp3) is 0.429. The van der Waals surface area contributed by atoms with E-state index in [1.807, 2.05) is 0 Å². The molecule has 0 amide bonds. The van der Waals surface area contributed by atoms with Crippen LogP contribution in [0.25, 0.3) is 0 Å². The molecule has 0 heterocycles. The van der Waals surface area contributed by atoms with Gasteiger partial charge in [-0.15, -0.1) is 0 Å². The zero-order valence-electron chi connectivity index (χ0n) is 11.7. The standard InChI is InChI=1S/C14H18O5S/c1-4-19-12(15)11-7-5-10(6-8-11)9-20(18)14(2,3)13(16)17/h5-8H,4,9H2,1-3H3,(H,16,17). The van der Waals surface area contributed by atoms with Gasteiger partial charge in [-0.3, -0.25) is 9.00 Å². The maximum Gasteiger partial charge on any atom is 0.338 e. The number of benzene rings is 1. The molecule has 0 spiro atoms. The Morgan fingerprint density at radius 2 is 1.80 bits per heavy atom. The van der Waals surface area contributed by atoms with Crippen molar-refractivity contribution in [2.24, 2.45) is 0 Å². The van der Waals surface area contributed by atoms with Crippen molar-refractivity contribution in [3.63, 3.8) is 0 Å². The van der Waals surface area contributed by atoms with Crippen LogP contribution in [0.1, 0.15) is 36.7 Å². The molecule has 0 saturated carbocycles. The Hall–Kier alpha value is -1.69. The van der Waals surface area contributed by atoms with Crippen LogP contribution in [-0.4, -0.2) is 32.6 Å². The average molecular weight is 298 g/mol. The Labute approximate surface area is 120 Å². The summed E-state index contributed by atoms with van der Waals surface area (Å²) in [6, 6.07) is 6.47. The van der Waals surface area contributed by atoms with Gasteiger partial charge in [-0.1, -0.05) is 12.1 Å². The molecule has 0 aliphatic carbocycles. The first-order valence-corrected chi connectivity index (χ1v) is 7.49. The van der Waals surface area contributed by atoms with Crippen LogP contribution >= 0.6 is 0 Å². The highest BCUT2D eigenvalue weighted by Crippen LogP contribution is 2.18. The number of ether oxygens (including phenoxy) is 1. The summed E-state index contributed by atoms with van der Waals surface area (Å²) < 4.78 is 15.6. The fourth-order valence-electron chi connectivity index (χ4n) is 1.38. The summed E-state index contributed by atoms with van der Waals surface area (Å²) in [5.74, 6) is -1.38. The van der Waals surface area contributed by atoms with E-state index in [9.17, 15) is 13.8 Å². The lowest BCUT2D eigenvalue weighted by atomic mass is 10.1. The van der Waals surface area contributed by atoms with Crippen LogP contribution in [0.15, 0.2) is 24.3 Å². The van der Waals surface area contributed by atoms with Gasteiger partial charge in [-0.25, -0.2) is 4.79 Å². The van der Waals surface area contributed by atoms with Crippen LogP contribution < -0.4 is 0 Å². The number of carbonyl (C=O) groups excluding carboxylic acids is 1. The number of carbonyl (C=O) groups is 2. The van der Waals surface area contributed by atoms with Gasteiger partial charge in [-0.2, -0.15) is 0 Å². The molecule has 0 saturated heterocycles. The topological polar surface area (TPSA) is 80.7 Å². The SMILES string of the molecule is CCOC(=O)c1ccc(CS(=O)C(C)(C)C(=O)O)cc1. The highest BCUT2D eigenvalue weighted by Gasteiger charge is 2.34. The van der Waals surface area contributed by atoms with E-state index < -0.39 is 27.5 Å².